The third kappa shape index (κ3) is 1.55. The third-order valence-corrected chi connectivity index (χ3v) is 2.31. The molecule has 0 aliphatic carbocycles. The van der Waals surface area contributed by atoms with Crippen LogP contribution in [0.2, 0.25) is 0 Å². The molecule has 0 N–H and O–H groups in total. The number of nitro groups is 1. The Labute approximate surface area is 94.6 Å². The zero-order valence-electron chi connectivity index (χ0n) is 8.49. The molecule has 3 rings (SSSR count). The second kappa shape index (κ2) is 3.44. The van der Waals surface area contributed by atoms with Crippen molar-refractivity contribution in [1.82, 2.24) is 4.98 Å². The van der Waals surface area contributed by atoms with Gasteiger partial charge in [0.2, 0.25) is 0 Å². The molecule has 0 radical (unpaired) electrons. The molecule has 6 heteroatoms. The van der Waals surface area contributed by atoms with Gasteiger partial charge < -0.3 is 8.83 Å². The van der Waals surface area contributed by atoms with Gasteiger partial charge in [0, 0.05) is 12.1 Å². The summed E-state index contributed by atoms with van der Waals surface area (Å²) in [5.74, 6) is 0.800. The quantitative estimate of drug-likeness (QED) is 0.499. The highest BCUT2D eigenvalue weighted by Gasteiger charge is 2.13. The maximum absolute atomic E-state index is 10.6. The van der Waals surface area contributed by atoms with Crippen LogP contribution in [0.1, 0.15) is 0 Å². The topological polar surface area (TPSA) is 82.3 Å². The predicted octanol–water partition coefficient (Wildman–Crippen LogP) is 3.00. The van der Waals surface area contributed by atoms with Gasteiger partial charge >= 0.3 is 0 Å². The van der Waals surface area contributed by atoms with Crippen molar-refractivity contribution in [2.45, 2.75) is 0 Å². The zero-order chi connectivity index (χ0) is 11.8. The Balaban J connectivity index is 2.16. The molecule has 1 aromatic carbocycles. The first-order valence-electron chi connectivity index (χ1n) is 4.83. The summed E-state index contributed by atoms with van der Waals surface area (Å²) in [5.41, 5.74) is 0.907. The number of oxazole rings is 1. The molecule has 0 aliphatic heterocycles. The van der Waals surface area contributed by atoms with Gasteiger partial charge in [0.1, 0.15) is 5.52 Å². The molecule has 0 spiro atoms. The number of benzene rings is 1. The summed E-state index contributed by atoms with van der Waals surface area (Å²) in [6, 6.07) is 7.68. The Hall–Kier alpha value is -2.63. The molecule has 0 saturated carbocycles. The van der Waals surface area contributed by atoms with Crippen LogP contribution in [0.5, 0.6) is 0 Å². The van der Waals surface area contributed by atoms with Crippen molar-refractivity contribution in [3.8, 4) is 11.7 Å². The number of hydrogen-bond donors (Lipinski definition) is 0. The van der Waals surface area contributed by atoms with Gasteiger partial charge in [-0.3, -0.25) is 10.1 Å². The average Bonchev–Trinajstić information content (AvgIpc) is 2.96. The number of rotatable bonds is 2. The minimum Gasteiger partial charge on any atom is -0.459 e. The lowest BCUT2D eigenvalue weighted by atomic mass is 10.3. The summed E-state index contributed by atoms with van der Waals surface area (Å²) in [6.45, 7) is 0. The summed E-state index contributed by atoms with van der Waals surface area (Å²) < 4.78 is 10.6. The Kier molecular flexibility index (Phi) is 1.94. The van der Waals surface area contributed by atoms with Crippen molar-refractivity contribution in [3.63, 3.8) is 0 Å². The van der Waals surface area contributed by atoms with Crippen LogP contribution in [0.25, 0.3) is 22.8 Å². The number of fused-ring (bicyclic) bond motifs is 1. The highest BCUT2D eigenvalue weighted by molar-refractivity contribution is 5.77. The first kappa shape index (κ1) is 9.59. The van der Waals surface area contributed by atoms with E-state index in [-0.39, 0.29) is 5.69 Å². The van der Waals surface area contributed by atoms with Crippen molar-refractivity contribution in [3.05, 3.63) is 46.7 Å². The summed E-state index contributed by atoms with van der Waals surface area (Å²) >= 11 is 0. The van der Waals surface area contributed by atoms with E-state index in [9.17, 15) is 10.1 Å². The van der Waals surface area contributed by atoms with Crippen molar-refractivity contribution < 1.29 is 13.8 Å². The van der Waals surface area contributed by atoms with Crippen LogP contribution in [-0.2, 0) is 0 Å². The largest absolute Gasteiger partial charge is 0.459 e. The fourth-order valence-electron chi connectivity index (χ4n) is 1.54. The predicted molar refractivity (Wildman–Crippen MR) is 58.4 cm³/mol. The summed E-state index contributed by atoms with van der Waals surface area (Å²) in [6.07, 6.45) is 1.51. The second-order valence-corrected chi connectivity index (χ2v) is 3.41. The number of non-ortho nitro benzene ring substituents is 1. The van der Waals surface area contributed by atoms with E-state index in [0.29, 0.717) is 22.8 Å². The Morgan fingerprint density at radius 1 is 1.29 bits per heavy atom. The van der Waals surface area contributed by atoms with Crippen molar-refractivity contribution in [2.75, 3.05) is 0 Å². The fourth-order valence-corrected chi connectivity index (χ4v) is 1.54. The van der Waals surface area contributed by atoms with E-state index >= 15 is 0 Å². The van der Waals surface area contributed by atoms with E-state index in [1.54, 1.807) is 12.1 Å². The minimum atomic E-state index is -0.472. The molecule has 0 fully saturated rings. The second-order valence-electron chi connectivity index (χ2n) is 3.41. The Bertz CT molecular complexity index is 685. The first-order valence-corrected chi connectivity index (χ1v) is 4.83. The molecule has 2 heterocycles. The monoisotopic (exact) mass is 230 g/mol. The fraction of sp³-hybridized carbons (Fsp3) is 0. The molecule has 0 saturated heterocycles. The van der Waals surface area contributed by atoms with Crippen LogP contribution >= 0.6 is 0 Å². The van der Waals surface area contributed by atoms with Gasteiger partial charge in [-0.25, -0.2) is 4.98 Å². The number of furan rings is 1. The van der Waals surface area contributed by atoms with Crippen molar-refractivity contribution in [2.24, 2.45) is 0 Å². The molecule has 17 heavy (non-hydrogen) atoms. The van der Waals surface area contributed by atoms with Gasteiger partial charge in [0.15, 0.2) is 11.3 Å². The van der Waals surface area contributed by atoms with E-state index in [1.165, 1.54) is 24.5 Å². The number of nitro benzene ring substituents is 1. The zero-order valence-corrected chi connectivity index (χ0v) is 8.49. The number of nitrogens with zero attached hydrogens (tertiary/aromatic N) is 2. The standard InChI is InChI=1S/C11H6N2O4/c14-13(15)7-3-4-9-8(6-7)12-11(17-9)10-2-1-5-16-10/h1-6H. The smallest absolute Gasteiger partial charge is 0.271 e. The van der Waals surface area contributed by atoms with Gasteiger partial charge in [0.05, 0.1) is 11.2 Å². The molecule has 84 valence electrons. The number of aromatic nitrogens is 1. The maximum atomic E-state index is 10.6. The minimum absolute atomic E-state index is 0.0169. The molecular weight excluding hydrogens is 224 g/mol. The van der Waals surface area contributed by atoms with Gasteiger partial charge in [0.25, 0.3) is 11.6 Å². The average molecular weight is 230 g/mol. The van der Waals surface area contributed by atoms with E-state index in [4.69, 9.17) is 8.83 Å². The van der Waals surface area contributed by atoms with Crippen LogP contribution in [0.4, 0.5) is 5.69 Å². The summed E-state index contributed by atoms with van der Waals surface area (Å²) in [7, 11) is 0. The lowest BCUT2D eigenvalue weighted by molar-refractivity contribution is -0.384. The molecule has 0 amide bonds. The normalized spacial score (nSPS) is 10.8. The molecule has 2 aromatic heterocycles. The number of hydrogen-bond acceptors (Lipinski definition) is 5. The first-order chi connectivity index (χ1) is 8.24. The summed E-state index contributed by atoms with van der Waals surface area (Å²) in [5, 5.41) is 10.6. The maximum Gasteiger partial charge on any atom is 0.271 e. The molecule has 0 unspecified atom stereocenters. The molecule has 3 aromatic rings. The van der Waals surface area contributed by atoms with Crippen molar-refractivity contribution in [1.29, 1.82) is 0 Å². The van der Waals surface area contributed by atoms with Crippen LogP contribution in [0, 0.1) is 10.1 Å². The third-order valence-electron chi connectivity index (χ3n) is 2.31. The van der Waals surface area contributed by atoms with Crippen LogP contribution in [-0.4, -0.2) is 9.91 Å². The molecule has 0 aliphatic rings. The van der Waals surface area contributed by atoms with Gasteiger partial charge in [-0.05, 0) is 18.2 Å². The lowest BCUT2D eigenvalue weighted by Crippen LogP contribution is -1.86. The van der Waals surface area contributed by atoms with E-state index in [0.717, 1.165) is 0 Å². The molecule has 0 atom stereocenters. The molecule has 0 bridgehead atoms. The highest BCUT2D eigenvalue weighted by Crippen LogP contribution is 2.26. The summed E-state index contributed by atoms with van der Waals surface area (Å²) in [4.78, 5) is 14.3. The van der Waals surface area contributed by atoms with Crippen molar-refractivity contribution >= 4 is 16.8 Å². The van der Waals surface area contributed by atoms with E-state index in [2.05, 4.69) is 4.98 Å². The van der Waals surface area contributed by atoms with E-state index in [1.807, 2.05) is 0 Å². The van der Waals surface area contributed by atoms with Crippen LogP contribution in [0.3, 0.4) is 0 Å². The van der Waals surface area contributed by atoms with Crippen LogP contribution in [0.15, 0.2) is 45.4 Å². The Morgan fingerprint density at radius 3 is 2.88 bits per heavy atom. The Morgan fingerprint density at radius 2 is 2.18 bits per heavy atom. The van der Waals surface area contributed by atoms with Gasteiger partial charge in [-0.1, -0.05) is 0 Å². The van der Waals surface area contributed by atoms with E-state index < -0.39 is 4.92 Å². The SMILES string of the molecule is O=[N+]([O-])c1ccc2oc(-c3ccco3)nc2c1. The van der Waals surface area contributed by atoms with Gasteiger partial charge in [-0.2, -0.15) is 0 Å². The molecular formula is C11H6N2O4. The lowest BCUT2D eigenvalue weighted by Gasteiger charge is -1.88. The highest BCUT2D eigenvalue weighted by atomic mass is 16.6. The molecule has 6 nitrogen and oxygen atoms in total. The van der Waals surface area contributed by atoms with Gasteiger partial charge in [-0.15, -0.1) is 0 Å². The van der Waals surface area contributed by atoms with Crippen LogP contribution < -0.4 is 0 Å².